The molecule has 0 saturated heterocycles. The highest BCUT2D eigenvalue weighted by Gasteiger charge is 2.10. The third kappa shape index (κ3) is 3.14. The number of aromatic nitrogens is 2. The van der Waals surface area contributed by atoms with E-state index in [9.17, 15) is 4.79 Å². The molecule has 1 amide bonds. The lowest BCUT2D eigenvalue weighted by molar-refractivity contribution is 0.0951. The van der Waals surface area contributed by atoms with Crippen LogP contribution >= 0.6 is 28.6 Å². The fourth-order valence-corrected chi connectivity index (χ4v) is 2.01. The fraction of sp³-hybridized carbons (Fsp3) is 0.167. The molecular weight excluding hydrogens is 314 g/mol. The average Bonchev–Trinajstić information content (AvgIpc) is 2.85. The molecule has 2 aromatic rings. The van der Waals surface area contributed by atoms with Crippen molar-refractivity contribution in [3.05, 3.63) is 40.5 Å². The molecule has 0 spiro atoms. The summed E-state index contributed by atoms with van der Waals surface area (Å²) >= 11 is 7.44. The van der Waals surface area contributed by atoms with Crippen LogP contribution in [0.1, 0.15) is 10.5 Å². The van der Waals surface area contributed by atoms with Gasteiger partial charge in [-0.1, -0.05) is 28.1 Å². The highest BCUT2D eigenvalue weighted by atomic mass is 79.9. The lowest BCUT2D eigenvalue weighted by Crippen LogP contribution is -2.25. The van der Waals surface area contributed by atoms with E-state index >= 15 is 0 Å². The number of carbonyl (C=O) groups is 1. The molecule has 0 bridgehead atoms. The number of halogens is 1. The first-order valence-electron chi connectivity index (χ1n) is 5.41. The molecule has 2 N–H and O–H groups in total. The summed E-state index contributed by atoms with van der Waals surface area (Å²) < 4.78 is 0.976. The van der Waals surface area contributed by atoms with Crippen LogP contribution in [0.4, 0.5) is 0 Å². The van der Waals surface area contributed by atoms with E-state index in [0.29, 0.717) is 18.0 Å². The van der Waals surface area contributed by atoms with Crippen molar-refractivity contribution in [3.63, 3.8) is 0 Å². The van der Waals surface area contributed by atoms with Gasteiger partial charge in [-0.2, -0.15) is 17.7 Å². The molecule has 94 valence electrons. The molecule has 18 heavy (non-hydrogen) atoms. The number of aromatic amines is 1. The fourth-order valence-electron chi connectivity index (χ4n) is 1.50. The first-order chi connectivity index (χ1) is 8.70. The van der Waals surface area contributed by atoms with Crippen LogP contribution in [0.5, 0.6) is 0 Å². The van der Waals surface area contributed by atoms with E-state index in [1.807, 2.05) is 24.3 Å². The maximum absolute atomic E-state index is 11.7. The van der Waals surface area contributed by atoms with Gasteiger partial charge in [0.1, 0.15) is 5.69 Å². The van der Waals surface area contributed by atoms with Crippen molar-refractivity contribution in [2.45, 2.75) is 0 Å². The molecule has 4 nitrogen and oxygen atoms in total. The Morgan fingerprint density at radius 1 is 1.44 bits per heavy atom. The van der Waals surface area contributed by atoms with Gasteiger partial charge in [0.2, 0.25) is 0 Å². The number of nitrogens with zero attached hydrogens (tertiary/aromatic N) is 1. The summed E-state index contributed by atoms with van der Waals surface area (Å²) in [6, 6.07) is 9.49. The van der Waals surface area contributed by atoms with Crippen molar-refractivity contribution in [2.75, 3.05) is 12.3 Å². The van der Waals surface area contributed by atoms with E-state index in [1.165, 1.54) is 0 Å². The monoisotopic (exact) mass is 325 g/mol. The maximum atomic E-state index is 11.7. The van der Waals surface area contributed by atoms with Crippen molar-refractivity contribution < 1.29 is 4.79 Å². The maximum Gasteiger partial charge on any atom is 0.269 e. The SMILES string of the molecule is O=C(NCCS)c1cc(-c2cccc(Br)c2)n[nH]1. The van der Waals surface area contributed by atoms with Gasteiger partial charge >= 0.3 is 0 Å². The Hall–Kier alpha value is -1.27. The zero-order valence-electron chi connectivity index (χ0n) is 9.48. The van der Waals surface area contributed by atoms with Crippen LogP contribution in [-0.4, -0.2) is 28.4 Å². The number of nitrogens with one attached hydrogen (secondary N) is 2. The number of hydrogen-bond donors (Lipinski definition) is 3. The Kier molecular flexibility index (Phi) is 4.43. The molecule has 0 radical (unpaired) electrons. The molecule has 2 rings (SSSR count). The predicted octanol–water partition coefficient (Wildman–Crippen LogP) is 2.50. The number of carbonyl (C=O) groups excluding carboxylic acids is 1. The van der Waals surface area contributed by atoms with Crippen molar-refractivity contribution >= 4 is 34.5 Å². The van der Waals surface area contributed by atoms with E-state index in [1.54, 1.807) is 6.07 Å². The van der Waals surface area contributed by atoms with Gasteiger partial charge < -0.3 is 5.32 Å². The van der Waals surface area contributed by atoms with Crippen molar-refractivity contribution in [1.82, 2.24) is 15.5 Å². The largest absolute Gasteiger partial charge is 0.350 e. The summed E-state index contributed by atoms with van der Waals surface area (Å²) in [5.74, 6) is 0.441. The predicted molar refractivity (Wildman–Crippen MR) is 77.9 cm³/mol. The van der Waals surface area contributed by atoms with E-state index in [4.69, 9.17) is 0 Å². The van der Waals surface area contributed by atoms with Gasteiger partial charge in [-0.25, -0.2) is 0 Å². The number of benzene rings is 1. The second kappa shape index (κ2) is 6.06. The van der Waals surface area contributed by atoms with Crippen LogP contribution in [0.15, 0.2) is 34.8 Å². The number of rotatable bonds is 4. The van der Waals surface area contributed by atoms with Crippen LogP contribution < -0.4 is 5.32 Å². The van der Waals surface area contributed by atoms with Gasteiger partial charge in [-0.15, -0.1) is 0 Å². The first kappa shape index (κ1) is 13.2. The van der Waals surface area contributed by atoms with Crippen molar-refractivity contribution in [1.29, 1.82) is 0 Å². The molecule has 0 aliphatic heterocycles. The molecule has 0 aliphatic carbocycles. The van der Waals surface area contributed by atoms with E-state index in [0.717, 1.165) is 15.7 Å². The number of H-pyrrole nitrogens is 1. The van der Waals surface area contributed by atoms with Gasteiger partial charge in [0.25, 0.3) is 5.91 Å². The van der Waals surface area contributed by atoms with Gasteiger partial charge in [0, 0.05) is 22.3 Å². The molecular formula is C12H12BrN3OS. The zero-order chi connectivity index (χ0) is 13.0. The third-order valence-electron chi connectivity index (χ3n) is 2.34. The normalized spacial score (nSPS) is 10.3. The summed E-state index contributed by atoms with van der Waals surface area (Å²) in [5.41, 5.74) is 2.15. The van der Waals surface area contributed by atoms with E-state index in [-0.39, 0.29) is 5.91 Å². The molecule has 0 unspecified atom stereocenters. The lowest BCUT2D eigenvalue weighted by atomic mass is 10.1. The zero-order valence-corrected chi connectivity index (χ0v) is 12.0. The van der Waals surface area contributed by atoms with E-state index in [2.05, 4.69) is 44.1 Å². The second-order valence-corrected chi connectivity index (χ2v) is 5.02. The quantitative estimate of drug-likeness (QED) is 0.756. The average molecular weight is 326 g/mol. The summed E-state index contributed by atoms with van der Waals surface area (Å²) in [7, 11) is 0. The number of thiol groups is 1. The molecule has 0 fully saturated rings. The van der Waals surface area contributed by atoms with Crippen molar-refractivity contribution in [2.24, 2.45) is 0 Å². The Labute approximate surface area is 119 Å². The Morgan fingerprint density at radius 2 is 2.28 bits per heavy atom. The topological polar surface area (TPSA) is 57.8 Å². The smallest absolute Gasteiger partial charge is 0.269 e. The summed E-state index contributed by atoms with van der Waals surface area (Å²) in [6.07, 6.45) is 0. The molecule has 0 atom stereocenters. The van der Waals surface area contributed by atoms with Crippen LogP contribution in [0, 0.1) is 0 Å². The molecule has 0 saturated carbocycles. The van der Waals surface area contributed by atoms with Crippen molar-refractivity contribution in [3.8, 4) is 11.3 Å². The van der Waals surface area contributed by atoms with Gasteiger partial charge in [-0.3, -0.25) is 9.89 Å². The summed E-state index contributed by atoms with van der Waals surface area (Å²) in [5, 5.41) is 9.59. The molecule has 0 aliphatic rings. The van der Waals surface area contributed by atoms with Crippen LogP contribution in [0.2, 0.25) is 0 Å². The van der Waals surface area contributed by atoms with Crippen LogP contribution in [0.25, 0.3) is 11.3 Å². The van der Waals surface area contributed by atoms with Gasteiger partial charge in [0.15, 0.2) is 0 Å². The summed E-state index contributed by atoms with van der Waals surface area (Å²) in [6.45, 7) is 0.535. The highest BCUT2D eigenvalue weighted by molar-refractivity contribution is 9.10. The third-order valence-corrected chi connectivity index (χ3v) is 3.06. The van der Waals surface area contributed by atoms with E-state index < -0.39 is 0 Å². The number of amides is 1. The molecule has 6 heteroatoms. The second-order valence-electron chi connectivity index (χ2n) is 3.66. The minimum absolute atomic E-state index is 0.169. The summed E-state index contributed by atoms with van der Waals surface area (Å²) in [4.78, 5) is 11.7. The minimum atomic E-state index is -0.169. The van der Waals surface area contributed by atoms with Crippen LogP contribution in [-0.2, 0) is 0 Å². The standard InChI is InChI=1S/C12H12BrN3OS/c13-9-3-1-2-8(6-9)10-7-11(16-15-10)12(17)14-4-5-18/h1-3,6-7,18H,4-5H2,(H,14,17)(H,15,16). The Morgan fingerprint density at radius 3 is 3.00 bits per heavy atom. The molecule has 1 heterocycles. The number of hydrogen-bond acceptors (Lipinski definition) is 3. The van der Waals surface area contributed by atoms with Gasteiger partial charge in [0.05, 0.1) is 5.69 Å². The lowest BCUT2D eigenvalue weighted by Gasteiger charge is -1.98. The Balaban J connectivity index is 2.17. The van der Waals surface area contributed by atoms with Crippen LogP contribution in [0.3, 0.4) is 0 Å². The first-order valence-corrected chi connectivity index (χ1v) is 6.83. The Bertz CT molecular complexity index is 556. The highest BCUT2D eigenvalue weighted by Crippen LogP contribution is 2.21. The van der Waals surface area contributed by atoms with Gasteiger partial charge in [-0.05, 0) is 18.2 Å². The molecule has 1 aromatic heterocycles. The molecule has 1 aromatic carbocycles. The minimum Gasteiger partial charge on any atom is -0.350 e.